The summed E-state index contributed by atoms with van der Waals surface area (Å²) in [5.74, 6) is -0.797. The van der Waals surface area contributed by atoms with Crippen LogP contribution in [0.4, 0.5) is 4.79 Å². The molecule has 1 saturated heterocycles. The molecular formula is C17H13BrN2O5. The Balaban J connectivity index is 1.79. The topological polar surface area (TPSA) is 88.9 Å². The van der Waals surface area contributed by atoms with Crippen LogP contribution in [0.25, 0.3) is 6.08 Å². The number of methoxy groups -OCH3 is 1. The quantitative estimate of drug-likeness (QED) is 0.480. The van der Waals surface area contributed by atoms with E-state index in [1.54, 1.807) is 6.08 Å². The van der Waals surface area contributed by atoms with E-state index in [-0.39, 0.29) is 18.0 Å². The standard InChI is InChI=1S/C17H13BrN2O5/c1-24-16(22)14-7-6-11(25-14)9-20-15(21)13(19-17(20)23)8-10-4-2-3-5-12(10)18/h2-8H,9H2,1H3,(H,19,23)/b13-8-. The number of hydrogen-bond acceptors (Lipinski definition) is 5. The number of carbonyl (C=O) groups excluding carboxylic acids is 3. The van der Waals surface area contributed by atoms with Crippen molar-refractivity contribution < 1.29 is 23.5 Å². The van der Waals surface area contributed by atoms with E-state index < -0.39 is 17.9 Å². The van der Waals surface area contributed by atoms with Crippen molar-refractivity contribution in [1.29, 1.82) is 0 Å². The van der Waals surface area contributed by atoms with E-state index >= 15 is 0 Å². The zero-order valence-electron chi connectivity index (χ0n) is 13.1. The molecule has 0 bridgehead atoms. The monoisotopic (exact) mass is 404 g/mol. The summed E-state index contributed by atoms with van der Waals surface area (Å²) in [6.45, 7) is -0.0883. The van der Waals surface area contributed by atoms with Gasteiger partial charge in [-0.1, -0.05) is 34.1 Å². The number of hydrogen-bond donors (Lipinski definition) is 1. The van der Waals surface area contributed by atoms with E-state index in [0.717, 1.165) is 14.9 Å². The number of rotatable bonds is 4. The summed E-state index contributed by atoms with van der Waals surface area (Å²) in [5, 5.41) is 2.53. The van der Waals surface area contributed by atoms with Crippen LogP contribution in [-0.2, 0) is 16.1 Å². The summed E-state index contributed by atoms with van der Waals surface area (Å²) < 4.78 is 10.6. The van der Waals surface area contributed by atoms with Crippen molar-refractivity contribution in [3.8, 4) is 0 Å². The molecule has 1 aliphatic heterocycles. The van der Waals surface area contributed by atoms with E-state index in [2.05, 4.69) is 26.0 Å². The Hall–Kier alpha value is -2.87. The summed E-state index contributed by atoms with van der Waals surface area (Å²) in [6, 6.07) is 9.71. The molecule has 1 N–H and O–H groups in total. The van der Waals surface area contributed by atoms with Gasteiger partial charge in [-0.2, -0.15) is 0 Å². The van der Waals surface area contributed by atoms with Crippen molar-refractivity contribution in [2.24, 2.45) is 0 Å². The molecule has 128 valence electrons. The lowest BCUT2D eigenvalue weighted by atomic mass is 10.2. The molecular weight excluding hydrogens is 392 g/mol. The number of urea groups is 1. The fourth-order valence-corrected chi connectivity index (χ4v) is 2.69. The number of furan rings is 1. The Morgan fingerprint density at radius 2 is 2.04 bits per heavy atom. The molecule has 1 aromatic heterocycles. The molecule has 8 heteroatoms. The highest BCUT2D eigenvalue weighted by atomic mass is 79.9. The highest BCUT2D eigenvalue weighted by Gasteiger charge is 2.34. The first kappa shape index (κ1) is 17.0. The van der Waals surface area contributed by atoms with Gasteiger partial charge >= 0.3 is 12.0 Å². The van der Waals surface area contributed by atoms with Crippen molar-refractivity contribution in [3.05, 3.63) is 63.7 Å². The van der Waals surface area contributed by atoms with E-state index in [0.29, 0.717) is 5.76 Å². The number of esters is 1. The van der Waals surface area contributed by atoms with Gasteiger partial charge in [0, 0.05) is 4.47 Å². The van der Waals surface area contributed by atoms with Gasteiger partial charge in [0.05, 0.1) is 13.7 Å². The summed E-state index contributed by atoms with van der Waals surface area (Å²) in [7, 11) is 1.24. The van der Waals surface area contributed by atoms with Crippen molar-refractivity contribution in [2.45, 2.75) is 6.54 Å². The molecule has 0 atom stereocenters. The normalized spacial score (nSPS) is 15.6. The molecule has 0 saturated carbocycles. The first-order valence-electron chi connectivity index (χ1n) is 7.25. The minimum atomic E-state index is -0.627. The number of ether oxygens (including phenoxy) is 1. The van der Waals surface area contributed by atoms with Gasteiger partial charge in [-0.3, -0.25) is 9.69 Å². The molecule has 1 fully saturated rings. The summed E-state index contributed by atoms with van der Waals surface area (Å²) in [6.07, 6.45) is 1.59. The highest BCUT2D eigenvalue weighted by molar-refractivity contribution is 9.10. The van der Waals surface area contributed by atoms with Crippen molar-refractivity contribution in [1.82, 2.24) is 10.2 Å². The van der Waals surface area contributed by atoms with Crippen LogP contribution < -0.4 is 5.32 Å². The summed E-state index contributed by atoms with van der Waals surface area (Å²) in [5.41, 5.74) is 0.927. The maximum atomic E-state index is 12.5. The zero-order chi connectivity index (χ0) is 18.0. The molecule has 0 spiro atoms. The molecule has 1 aromatic carbocycles. The van der Waals surface area contributed by atoms with Gasteiger partial charge in [0.15, 0.2) is 0 Å². The van der Waals surface area contributed by atoms with Gasteiger partial charge < -0.3 is 14.5 Å². The Morgan fingerprint density at radius 1 is 1.28 bits per heavy atom. The van der Waals surface area contributed by atoms with E-state index in [4.69, 9.17) is 4.42 Å². The molecule has 0 unspecified atom stereocenters. The van der Waals surface area contributed by atoms with Gasteiger partial charge in [0.1, 0.15) is 11.5 Å². The largest absolute Gasteiger partial charge is 0.463 e. The molecule has 0 radical (unpaired) electrons. The van der Waals surface area contributed by atoms with Crippen LogP contribution in [0.15, 0.2) is 51.0 Å². The number of nitrogens with zero attached hydrogens (tertiary/aromatic N) is 1. The second-order valence-corrected chi connectivity index (χ2v) is 6.01. The van der Waals surface area contributed by atoms with Crippen molar-refractivity contribution in [3.63, 3.8) is 0 Å². The number of halogens is 1. The lowest BCUT2D eigenvalue weighted by Crippen LogP contribution is -2.30. The molecule has 3 rings (SSSR count). The highest BCUT2D eigenvalue weighted by Crippen LogP contribution is 2.22. The molecule has 2 aromatic rings. The number of nitrogens with one attached hydrogen (secondary N) is 1. The van der Waals surface area contributed by atoms with Crippen LogP contribution in [0.5, 0.6) is 0 Å². The smallest absolute Gasteiger partial charge is 0.373 e. The number of imide groups is 1. The van der Waals surface area contributed by atoms with E-state index in [1.165, 1.54) is 19.2 Å². The van der Waals surface area contributed by atoms with Gasteiger partial charge in [-0.05, 0) is 29.8 Å². The third kappa shape index (κ3) is 3.48. The SMILES string of the molecule is COC(=O)c1ccc(CN2C(=O)N/C(=C\c3ccccc3Br)C2=O)o1. The molecule has 25 heavy (non-hydrogen) atoms. The third-order valence-electron chi connectivity index (χ3n) is 3.53. The zero-order valence-corrected chi connectivity index (χ0v) is 14.7. The second kappa shape index (κ2) is 6.94. The fraction of sp³-hybridized carbons (Fsp3) is 0.118. The first-order chi connectivity index (χ1) is 12.0. The summed E-state index contributed by atoms with van der Waals surface area (Å²) in [4.78, 5) is 36.9. The Morgan fingerprint density at radius 3 is 2.76 bits per heavy atom. The Bertz CT molecular complexity index is 887. The van der Waals surface area contributed by atoms with Gasteiger partial charge in [-0.25, -0.2) is 9.59 Å². The first-order valence-corrected chi connectivity index (χ1v) is 8.05. The predicted octanol–water partition coefficient (Wildman–Crippen LogP) is 2.92. The van der Waals surface area contributed by atoms with Crippen LogP contribution in [-0.4, -0.2) is 29.9 Å². The maximum Gasteiger partial charge on any atom is 0.373 e. The van der Waals surface area contributed by atoms with Gasteiger partial charge in [0.25, 0.3) is 5.91 Å². The lowest BCUT2D eigenvalue weighted by Gasteiger charge is -2.09. The molecule has 7 nitrogen and oxygen atoms in total. The Labute approximate surface area is 151 Å². The number of amides is 3. The Kier molecular flexibility index (Phi) is 4.71. The molecule has 0 aliphatic carbocycles. The molecule has 1 aliphatic rings. The summed E-state index contributed by atoms with van der Waals surface area (Å²) >= 11 is 3.39. The second-order valence-electron chi connectivity index (χ2n) is 5.16. The minimum absolute atomic E-state index is 0.00790. The van der Waals surface area contributed by atoms with E-state index in [1.807, 2.05) is 24.3 Å². The van der Waals surface area contributed by atoms with Crippen molar-refractivity contribution >= 4 is 39.9 Å². The molecule has 3 amide bonds. The van der Waals surface area contributed by atoms with Crippen LogP contribution in [0.1, 0.15) is 21.9 Å². The fourth-order valence-electron chi connectivity index (χ4n) is 2.29. The average molecular weight is 405 g/mol. The lowest BCUT2D eigenvalue weighted by molar-refractivity contribution is -0.123. The molecule has 2 heterocycles. The van der Waals surface area contributed by atoms with Gasteiger partial charge in [0.2, 0.25) is 5.76 Å². The number of carbonyl (C=O) groups is 3. The average Bonchev–Trinajstić information content (AvgIpc) is 3.17. The van der Waals surface area contributed by atoms with Crippen LogP contribution in [0, 0.1) is 0 Å². The van der Waals surface area contributed by atoms with Crippen LogP contribution in [0.3, 0.4) is 0 Å². The number of benzene rings is 1. The van der Waals surface area contributed by atoms with Crippen molar-refractivity contribution in [2.75, 3.05) is 7.11 Å². The van der Waals surface area contributed by atoms with Crippen LogP contribution in [0.2, 0.25) is 0 Å². The van der Waals surface area contributed by atoms with Gasteiger partial charge in [-0.15, -0.1) is 0 Å². The van der Waals surface area contributed by atoms with E-state index in [9.17, 15) is 14.4 Å². The van der Waals surface area contributed by atoms with Crippen LogP contribution >= 0.6 is 15.9 Å². The predicted molar refractivity (Wildman–Crippen MR) is 91.2 cm³/mol. The third-order valence-corrected chi connectivity index (χ3v) is 4.25. The minimum Gasteiger partial charge on any atom is -0.463 e. The maximum absolute atomic E-state index is 12.5.